The molecule has 0 saturated heterocycles. The van der Waals surface area contributed by atoms with Gasteiger partial charge in [-0.1, -0.05) is 6.07 Å². The Labute approximate surface area is 94.2 Å². The van der Waals surface area contributed by atoms with E-state index < -0.39 is 18.7 Å². The Balaban J connectivity index is 2.78. The summed E-state index contributed by atoms with van der Waals surface area (Å²) in [6, 6.07) is 2.81. The normalized spacial score (nSPS) is 11.1. The van der Waals surface area contributed by atoms with Crippen molar-refractivity contribution >= 4 is 18.6 Å². The molecular weight excluding hydrogens is 209 g/mol. The third-order valence-electron chi connectivity index (χ3n) is 1.69. The highest BCUT2D eigenvalue weighted by Crippen LogP contribution is 2.09. The monoisotopic (exact) mass is 223 g/mol. The van der Waals surface area contributed by atoms with Crippen LogP contribution in [0, 0.1) is 0 Å². The molecule has 0 aliphatic rings. The highest BCUT2D eigenvalue weighted by atomic mass is 16.6. The molecule has 1 heterocycles. The number of aromatic nitrogens is 1. The first-order valence-corrected chi connectivity index (χ1v) is 4.85. The molecule has 6 heteroatoms. The summed E-state index contributed by atoms with van der Waals surface area (Å²) in [7, 11) is -1.58. The second-order valence-electron chi connectivity index (χ2n) is 4.35. The van der Waals surface area contributed by atoms with Crippen LogP contribution < -0.4 is 5.46 Å². The van der Waals surface area contributed by atoms with Crippen LogP contribution in [0.2, 0.25) is 0 Å². The van der Waals surface area contributed by atoms with Gasteiger partial charge in [0.15, 0.2) is 0 Å². The number of carbonyl (C=O) groups is 1. The first kappa shape index (κ1) is 12.7. The number of carbonyl (C=O) groups excluding carboxylic acids is 1. The predicted molar refractivity (Wildman–Crippen MR) is 59.2 cm³/mol. The Kier molecular flexibility index (Phi) is 3.67. The van der Waals surface area contributed by atoms with E-state index in [1.807, 2.05) is 0 Å². The fraction of sp³-hybridized carbons (Fsp3) is 0.400. The molecule has 1 aromatic heterocycles. The van der Waals surface area contributed by atoms with E-state index in [0.29, 0.717) is 0 Å². The number of nitrogens with zero attached hydrogens (tertiary/aromatic N) is 1. The molecule has 5 nitrogen and oxygen atoms in total. The molecule has 0 saturated carbocycles. The summed E-state index contributed by atoms with van der Waals surface area (Å²) in [5, 5.41) is 17.7. The van der Waals surface area contributed by atoms with E-state index in [2.05, 4.69) is 4.98 Å². The Morgan fingerprint density at radius 1 is 1.38 bits per heavy atom. The number of hydrogen-bond donors (Lipinski definition) is 2. The van der Waals surface area contributed by atoms with Crippen LogP contribution in [-0.4, -0.2) is 33.7 Å². The Bertz CT molecular complexity index is 369. The molecule has 0 spiro atoms. The number of rotatable bonds is 2. The van der Waals surface area contributed by atoms with Gasteiger partial charge in [0, 0.05) is 11.7 Å². The second kappa shape index (κ2) is 4.63. The minimum atomic E-state index is -1.58. The smallest absolute Gasteiger partial charge is 0.455 e. The zero-order chi connectivity index (χ0) is 12.3. The van der Waals surface area contributed by atoms with Gasteiger partial charge in [-0.15, -0.1) is 0 Å². The third-order valence-corrected chi connectivity index (χ3v) is 1.69. The Morgan fingerprint density at radius 3 is 2.38 bits per heavy atom. The number of ether oxygens (including phenoxy) is 1. The van der Waals surface area contributed by atoms with Gasteiger partial charge in [-0.2, -0.15) is 0 Å². The second-order valence-corrected chi connectivity index (χ2v) is 4.35. The quantitative estimate of drug-likeness (QED) is 0.532. The lowest BCUT2D eigenvalue weighted by Gasteiger charge is -2.19. The van der Waals surface area contributed by atoms with E-state index in [9.17, 15) is 4.79 Å². The molecule has 1 rings (SSSR count). The summed E-state index contributed by atoms with van der Waals surface area (Å²) >= 11 is 0. The molecule has 0 aliphatic carbocycles. The minimum absolute atomic E-state index is 0.138. The van der Waals surface area contributed by atoms with Gasteiger partial charge in [0.1, 0.15) is 11.3 Å². The van der Waals surface area contributed by atoms with Crippen LogP contribution in [0.4, 0.5) is 0 Å². The van der Waals surface area contributed by atoms with Gasteiger partial charge < -0.3 is 14.8 Å². The van der Waals surface area contributed by atoms with E-state index in [1.54, 1.807) is 20.8 Å². The third kappa shape index (κ3) is 3.64. The standard InChI is InChI=1S/C10H14BNO4/c1-10(2,3)16-9(13)8-5-4-7(6-12-8)11(14)15/h4-6,14-15H,1-3H3. The van der Waals surface area contributed by atoms with Gasteiger partial charge in [0.2, 0.25) is 0 Å². The number of esters is 1. The van der Waals surface area contributed by atoms with Gasteiger partial charge in [0.25, 0.3) is 0 Å². The van der Waals surface area contributed by atoms with Crippen molar-refractivity contribution in [3.63, 3.8) is 0 Å². The molecule has 2 N–H and O–H groups in total. The van der Waals surface area contributed by atoms with Crippen LogP contribution in [0.1, 0.15) is 31.3 Å². The van der Waals surface area contributed by atoms with E-state index in [1.165, 1.54) is 18.3 Å². The molecule has 0 aliphatic heterocycles. The molecule has 0 unspecified atom stereocenters. The molecule has 0 radical (unpaired) electrons. The van der Waals surface area contributed by atoms with Gasteiger partial charge in [0.05, 0.1) is 0 Å². The first-order valence-electron chi connectivity index (χ1n) is 4.85. The van der Waals surface area contributed by atoms with Gasteiger partial charge >= 0.3 is 13.1 Å². The molecular formula is C10H14BNO4. The summed E-state index contributed by atoms with van der Waals surface area (Å²) in [5.41, 5.74) is -0.208. The predicted octanol–water partition coefficient (Wildman–Crippen LogP) is -0.283. The summed E-state index contributed by atoms with van der Waals surface area (Å²) in [5.74, 6) is -0.536. The Hall–Kier alpha value is -1.40. The minimum Gasteiger partial charge on any atom is -0.455 e. The molecule has 0 atom stereocenters. The average molecular weight is 223 g/mol. The summed E-state index contributed by atoms with van der Waals surface area (Å²) in [6.45, 7) is 5.28. The first-order chi connectivity index (χ1) is 7.29. The molecule has 0 aromatic carbocycles. The SMILES string of the molecule is CC(C)(C)OC(=O)c1ccc(B(O)O)cn1. The number of hydrogen-bond acceptors (Lipinski definition) is 5. The van der Waals surface area contributed by atoms with Crippen molar-refractivity contribution in [3.8, 4) is 0 Å². The van der Waals surface area contributed by atoms with Crippen molar-refractivity contribution in [2.75, 3.05) is 0 Å². The maximum Gasteiger partial charge on any atom is 0.490 e. The maximum atomic E-state index is 11.5. The summed E-state index contributed by atoms with van der Waals surface area (Å²) in [4.78, 5) is 15.3. The van der Waals surface area contributed by atoms with Gasteiger partial charge in [-0.05, 0) is 26.8 Å². The van der Waals surface area contributed by atoms with E-state index in [-0.39, 0.29) is 11.2 Å². The van der Waals surface area contributed by atoms with Crippen LogP contribution in [0.25, 0.3) is 0 Å². The van der Waals surface area contributed by atoms with Crippen LogP contribution in [0.3, 0.4) is 0 Å². The van der Waals surface area contributed by atoms with E-state index in [4.69, 9.17) is 14.8 Å². The Morgan fingerprint density at radius 2 is 2.00 bits per heavy atom. The van der Waals surface area contributed by atoms with Crippen molar-refractivity contribution in [3.05, 3.63) is 24.0 Å². The van der Waals surface area contributed by atoms with Crippen molar-refractivity contribution in [2.45, 2.75) is 26.4 Å². The molecule has 1 aromatic rings. The van der Waals surface area contributed by atoms with Gasteiger partial charge in [-0.3, -0.25) is 0 Å². The summed E-state index contributed by atoms with van der Waals surface area (Å²) in [6.07, 6.45) is 1.23. The largest absolute Gasteiger partial charge is 0.490 e. The summed E-state index contributed by atoms with van der Waals surface area (Å²) < 4.78 is 5.10. The van der Waals surface area contributed by atoms with Crippen LogP contribution >= 0.6 is 0 Å². The average Bonchev–Trinajstić information content (AvgIpc) is 2.15. The van der Waals surface area contributed by atoms with Gasteiger partial charge in [-0.25, -0.2) is 9.78 Å². The van der Waals surface area contributed by atoms with Crippen LogP contribution in [0.5, 0.6) is 0 Å². The van der Waals surface area contributed by atoms with Crippen molar-refractivity contribution in [1.82, 2.24) is 4.98 Å². The lowest BCUT2D eigenvalue weighted by molar-refractivity contribution is 0.00628. The topological polar surface area (TPSA) is 79.7 Å². The molecule has 0 bridgehead atoms. The fourth-order valence-electron chi connectivity index (χ4n) is 1.01. The molecule has 16 heavy (non-hydrogen) atoms. The zero-order valence-corrected chi connectivity index (χ0v) is 9.47. The molecule has 0 amide bonds. The maximum absolute atomic E-state index is 11.5. The van der Waals surface area contributed by atoms with Crippen LogP contribution in [-0.2, 0) is 4.74 Å². The fourth-order valence-corrected chi connectivity index (χ4v) is 1.01. The zero-order valence-electron chi connectivity index (χ0n) is 9.47. The van der Waals surface area contributed by atoms with E-state index >= 15 is 0 Å². The molecule has 0 fully saturated rings. The van der Waals surface area contributed by atoms with Crippen molar-refractivity contribution in [1.29, 1.82) is 0 Å². The van der Waals surface area contributed by atoms with Crippen molar-refractivity contribution < 1.29 is 19.6 Å². The number of pyridine rings is 1. The van der Waals surface area contributed by atoms with Crippen LogP contribution in [0.15, 0.2) is 18.3 Å². The molecule has 86 valence electrons. The lowest BCUT2D eigenvalue weighted by Crippen LogP contribution is -2.31. The highest BCUT2D eigenvalue weighted by molar-refractivity contribution is 6.58. The lowest BCUT2D eigenvalue weighted by atomic mass is 9.82. The highest BCUT2D eigenvalue weighted by Gasteiger charge is 2.19. The van der Waals surface area contributed by atoms with E-state index in [0.717, 1.165) is 0 Å². The van der Waals surface area contributed by atoms with Crippen molar-refractivity contribution in [2.24, 2.45) is 0 Å².